The Morgan fingerprint density at radius 2 is 1.66 bits per heavy atom. The van der Waals surface area contributed by atoms with Gasteiger partial charge in [-0.25, -0.2) is 0 Å². The van der Waals surface area contributed by atoms with Crippen LogP contribution in [-0.4, -0.2) is 48.2 Å². The lowest BCUT2D eigenvalue weighted by molar-refractivity contribution is 0.0637. The van der Waals surface area contributed by atoms with Gasteiger partial charge in [-0.2, -0.15) is 0 Å². The summed E-state index contributed by atoms with van der Waals surface area (Å²) in [6, 6.07) is 30.7. The molecule has 5 rings (SSSR count). The fourth-order valence-electron chi connectivity index (χ4n) is 5.06. The van der Waals surface area contributed by atoms with Crippen molar-refractivity contribution in [2.45, 2.75) is 19.4 Å². The summed E-state index contributed by atoms with van der Waals surface area (Å²) in [5.74, 6) is 0.842. The molecule has 1 N–H and O–H groups in total. The van der Waals surface area contributed by atoms with E-state index in [1.165, 1.54) is 5.56 Å². The molecular weight excluding hydrogens is 434 g/mol. The van der Waals surface area contributed by atoms with Crippen LogP contribution in [0.3, 0.4) is 0 Å². The molecule has 0 bridgehead atoms. The third-order valence-electron chi connectivity index (χ3n) is 6.71. The number of rotatable bonds is 6. The fraction of sp³-hybridized carbons (Fsp3) is 0.233. The average Bonchev–Trinajstić information content (AvgIpc) is 3.26. The minimum Gasteiger partial charge on any atom is -0.495 e. The van der Waals surface area contributed by atoms with Crippen LogP contribution in [0.1, 0.15) is 21.6 Å². The number of benzene rings is 3. The molecule has 35 heavy (non-hydrogen) atoms. The molecule has 4 aromatic rings. The van der Waals surface area contributed by atoms with Gasteiger partial charge in [-0.15, -0.1) is 0 Å². The topological polar surface area (TPSA) is 46.5 Å². The van der Waals surface area contributed by atoms with Crippen molar-refractivity contribution < 1.29 is 9.53 Å². The molecule has 1 saturated heterocycles. The number of nitrogens with zero attached hydrogens (tertiary/aromatic N) is 2. The molecule has 1 aromatic heterocycles. The standard InChI is InChI=1S/C30H31N3O2/c1-22-19-26(30(34)32-18-17-31-21-25(32)20-23-11-5-3-6-12-23)29(24-13-7-4-8-14-24)33(22)27-15-9-10-16-28(27)35-2/h3-16,19,25,31H,17-18,20-21H2,1-2H3/t25-/m1/s1. The summed E-state index contributed by atoms with van der Waals surface area (Å²) in [4.78, 5) is 16.3. The first kappa shape index (κ1) is 22.9. The number of carbonyl (C=O) groups is 1. The summed E-state index contributed by atoms with van der Waals surface area (Å²) in [6.07, 6.45) is 0.826. The molecule has 0 unspecified atom stereocenters. The SMILES string of the molecule is COc1ccccc1-n1c(C)cc(C(=O)N2CCNC[C@H]2Cc2ccccc2)c1-c1ccccc1. The van der Waals surface area contributed by atoms with E-state index in [-0.39, 0.29) is 11.9 Å². The lowest BCUT2D eigenvalue weighted by Gasteiger charge is -2.36. The number of amides is 1. The second-order valence-electron chi connectivity index (χ2n) is 8.97. The Kier molecular flexibility index (Phi) is 6.68. The number of nitrogens with one attached hydrogen (secondary N) is 1. The summed E-state index contributed by atoms with van der Waals surface area (Å²) in [6.45, 7) is 4.32. The van der Waals surface area contributed by atoms with Crippen LogP contribution < -0.4 is 10.1 Å². The minimum atomic E-state index is 0.0723. The average molecular weight is 466 g/mol. The summed E-state index contributed by atoms with van der Waals surface area (Å²) in [5.41, 5.74) is 5.78. The number of aryl methyl sites for hydroxylation is 1. The van der Waals surface area contributed by atoms with Crippen LogP contribution in [0, 0.1) is 6.92 Å². The van der Waals surface area contributed by atoms with Gasteiger partial charge in [0.25, 0.3) is 5.91 Å². The van der Waals surface area contributed by atoms with Gasteiger partial charge in [-0.05, 0) is 42.7 Å². The Hall–Kier alpha value is -3.83. The van der Waals surface area contributed by atoms with E-state index in [9.17, 15) is 4.79 Å². The van der Waals surface area contributed by atoms with Gasteiger partial charge in [0, 0.05) is 31.4 Å². The maximum absolute atomic E-state index is 14.2. The molecule has 1 aliphatic rings. The number of piperazine rings is 1. The lowest BCUT2D eigenvalue weighted by atomic mass is 10.0. The second-order valence-corrected chi connectivity index (χ2v) is 8.97. The van der Waals surface area contributed by atoms with Crippen LogP contribution in [0.2, 0.25) is 0 Å². The van der Waals surface area contributed by atoms with Crippen molar-refractivity contribution in [2.24, 2.45) is 0 Å². The van der Waals surface area contributed by atoms with Gasteiger partial charge >= 0.3 is 0 Å². The molecule has 0 saturated carbocycles. The highest BCUT2D eigenvalue weighted by atomic mass is 16.5. The van der Waals surface area contributed by atoms with Gasteiger partial charge in [0.2, 0.25) is 0 Å². The smallest absolute Gasteiger partial charge is 0.256 e. The number of para-hydroxylation sites is 2. The summed E-state index contributed by atoms with van der Waals surface area (Å²) in [5, 5.41) is 3.48. The predicted molar refractivity (Wildman–Crippen MR) is 140 cm³/mol. The van der Waals surface area contributed by atoms with Gasteiger partial charge < -0.3 is 19.5 Å². The number of carbonyl (C=O) groups excluding carboxylic acids is 1. The van der Waals surface area contributed by atoms with Crippen molar-refractivity contribution in [3.63, 3.8) is 0 Å². The normalized spacial score (nSPS) is 15.7. The molecule has 5 nitrogen and oxygen atoms in total. The van der Waals surface area contributed by atoms with Gasteiger partial charge in [0.1, 0.15) is 5.75 Å². The molecule has 0 radical (unpaired) electrons. The number of hydrogen-bond donors (Lipinski definition) is 1. The zero-order chi connectivity index (χ0) is 24.2. The third kappa shape index (κ3) is 4.60. The van der Waals surface area contributed by atoms with Crippen molar-refractivity contribution in [1.29, 1.82) is 0 Å². The Morgan fingerprint density at radius 3 is 2.40 bits per heavy atom. The largest absolute Gasteiger partial charge is 0.495 e. The van der Waals surface area contributed by atoms with Crippen LogP contribution in [-0.2, 0) is 6.42 Å². The summed E-state index contributed by atoms with van der Waals surface area (Å²) < 4.78 is 7.84. The van der Waals surface area contributed by atoms with Crippen molar-refractivity contribution >= 4 is 5.91 Å². The lowest BCUT2D eigenvalue weighted by Crippen LogP contribution is -2.54. The number of ether oxygens (including phenoxy) is 1. The van der Waals surface area contributed by atoms with Crippen LogP contribution >= 0.6 is 0 Å². The molecule has 1 amide bonds. The number of hydrogen-bond acceptors (Lipinski definition) is 3. The van der Waals surface area contributed by atoms with Crippen molar-refractivity contribution in [3.8, 4) is 22.7 Å². The van der Waals surface area contributed by atoms with E-state index < -0.39 is 0 Å². The van der Waals surface area contributed by atoms with Crippen molar-refractivity contribution in [2.75, 3.05) is 26.7 Å². The zero-order valence-corrected chi connectivity index (χ0v) is 20.3. The van der Waals surface area contributed by atoms with Crippen LogP contribution in [0.15, 0.2) is 91.0 Å². The van der Waals surface area contributed by atoms with Crippen LogP contribution in [0.4, 0.5) is 0 Å². The Balaban J connectivity index is 1.60. The van der Waals surface area contributed by atoms with E-state index in [1.807, 2.05) is 54.6 Å². The molecule has 3 aromatic carbocycles. The van der Waals surface area contributed by atoms with Gasteiger partial charge in [0.15, 0.2) is 0 Å². The van der Waals surface area contributed by atoms with E-state index in [1.54, 1.807) is 7.11 Å². The Bertz CT molecular complexity index is 1300. The van der Waals surface area contributed by atoms with E-state index in [2.05, 4.69) is 58.1 Å². The summed E-state index contributed by atoms with van der Waals surface area (Å²) >= 11 is 0. The predicted octanol–water partition coefficient (Wildman–Crippen LogP) is 5.12. The van der Waals surface area contributed by atoms with Crippen LogP contribution in [0.5, 0.6) is 5.75 Å². The first-order valence-corrected chi connectivity index (χ1v) is 12.1. The molecule has 0 aliphatic carbocycles. The quantitative estimate of drug-likeness (QED) is 0.430. The minimum absolute atomic E-state index is 0.0723. The highest BCUT2D eigenvalue weighted by molar-refractivity contribution is 6.01. The molecule has 1 aliphatic heterocycles. The maximum Gasteiger partial charge on any atom is 0.256 e. The van der Waals surface area contributed by atoms with Crippen molar-refractivity contribution in [3.05, 3.63) is 108 Å². The monoisotopic (exact) mass is 465 g/mol. The van der Waals surface area contributed by atoms with Crippen molar-refractivity contribution in [1.82, 2.24) is 14.8 Å². The summed E-state index contributed by atoms with van der Waals surface area (Å²) in [7, 11) is 1.68. The first-order valence-electron chi connectivity index (χ1n) is 12.1. The second kappa shape index (κ2) is 10.2. The highest BCUT2D eigenvalue weighted by Crippen LogP contribution is 2.35. The third-order valence-corrected chi connectivity index (χ3v) is 6.71. The fourth-order valence-corrected chi connectivity index (χ4v) is 5.06. The van der Waals surface area contributed by atoms with Gasteiger partial charge in [-0.3, -0.25) is 4.79 Å². The molecule has 178 valence electrons. The Morgan fingerprint density at radius 1 is 0.971 bits per heavy atom. The molecule has 0 spiro atoms. The Labute approximate surface area is 207 Å². The molecule has 1 atom stereocenters. The zero-order valence-electron chi connectivity index (χ0n) is 20.3. The number of methoxy groups -OCH3 is 1. The maximum atomic E-state index is 14.2. The van der Waals surface area contributed by atoms with E-state index in [0.717, 1.165) is 53.5 Å². The number of aromatic nitrogens is 1. The van der Waals surface area contributed by atoms with Gasteiger partial charge in [0.05, 0.1) is 24.1 Å². The van der Waals surface area contributed by atoms with E-state index in [0.29, 0.717) is 6.54 Å². The molecule has 2 heterocycles. The first-order chi connectivity index (χ1) is 17.2. The molecular formula is C30H31N3O2. The molecule has 5 heteroatoms. The highest BCUT2D eigenvalue weighted by Gasteiger charge is 2.31. The van der Waals surface area contributed by atoms with Crippen LogP contribution in [0.25, 0.3) is 16.9 Å². The van der Waals surface area contributed by atoms with E-state index >= 15 is 0 Å². The molecule has 1 fully saturated rings. The van der Waals surface area contributed by atoms with Gasteiger partial charge in [-0.1, -0.05) is 72.8 Å². The van der Waals surface area contributed by atoms with E-state index in [4.69, 9.17) is 4.74 Å².